The Morgan fingerprint density at radius 2 is 2.50 bits per heavy atom. The van der Waals surface area contributed by atoms with Gasteiger partial charge in [-0.25, -0.2) is 0 Å². The van der Waals surface area contributed by atoms with Crippen LogP contribution in [0.25, 0.3) is 0 Å². The molecule has 1 unspecified atom stereocenters. The van der Waals surface area contributed by atoms with Crippen molar-refractivity contribution in [3.63, 3.8) is 0 Å². The van der Waals surface area contributed by atoms with Crippen LogP contribution < -0.4 is 0 Å². The van der Waals surface area contributed by atoms with E-state index in [1.807, 2.05) is 12.2 Å². The Bertz CT molecular complexity index is 107. The quantitative estimate of drug-likeness (QED) is 0.459. The smallest absolute Gasteiger partial charge is 0.230 e. The zero-order valence-electron chi connectivity index (χ0n) is 4.46. The first-order valence-electron chi connectivity index (χ1n) is 2.58. The van der Waals surface area contributed by atoms with E-state index < -0.39 is 0 Å². The molecule has 0 spiro atoms. The topological polar surface area (TPSA) is 26.3 Å². The molecule has 1 aliphatic rings. The highest BCUT2D eigenvalue weighted by molar-refractivity contribution is 5.57. The third-order valence-corrected chi connectivity index (χ3v) is 1.04. The van der Waals surface area contributed by atoms with Crippen LogP contribution in [0.15, 0.2) is 12.2 Å². The van der Waals surface area contributed by atoms with Gasteiger partial charge in [0.2, 0.25) is 6.29 Å². The molecule has 1 heterocycles. The van der Waals surface area contributed by atoms with Gasteiger partial charge in [-0.15, -0.1) is 0 Å². The molecule has 0 aromatic carbocycles. The second kappa shape index (κ2) is 2.62. The van der Waals surface area contributed by atoms with Gasteiger partial charge in [-0.05, 0) is 6.42 Å². The Kier molecular flexibility index (Phi) is 1.80. The third-order valence-electron chi connectivity index (χ3n) is 1.04. The fourth-order valence-corrected chi connectivity index (χ4v) is 0.610. The van der Waals surface area contributed by atoms with Crippen molar-refractivity contribution in [1.82, 2.24) is 0 Å². The van der Waals surface area contributed by atoms with Crippen LogP contribution in [0, 0.1) is 0 Å². The molecule has 43 valence electrons. The van der Waals surface area contributed by atoms with Crippen molar-refractivity contribution in [2.75, 3.05) is 6.61 Å². The second-order valence-electron chi connectivity index (χ2n) is 1.65. The van der Waals surface area contributed by atoms with Crippen molar-refractivity contribution < 1.29 is 9.53 Å². The van der Waals surface area contributed by atoms with Crippen LogP contribution in [-0.4, -0.2) is 19.0 Å². The summed E-state index contributed by atoms with van der Waals surface area (Å²) in [5.74, 6) is 0. The number of ether oxygens (including phenoxy) is 1. The van der Waals surface area contributed by atoms with Gasteiger partial charge in [0, 0.05) is 0 Å². The normalized spacial score (nSPS) is 27.8. The molecule has 1 rings (SSSR count). The van der Waals surface area contributed by atoms with Crippen molar-refractivity contribution in [2.45, 2.75) is 12.5 Å². The molecule has 0 aromatic rings. The van der Waals surface area contributed by atoms with Gasteiger partial charge in [0.25, 0.3) is 0 Å². The minimum Gasteiger partial charge on any atom is -0.366 e. The molecule has 8 heavy (non-hydrogen) atoms. The summed E-state index contributed by atoms with van der Waals surface area (Å²) in [5.41, 5.74) is 0. The van der Waals surface area contributed by atoms with Gasteiger partial charge < -0.3 is 4.74 Å². The van der Waals surface area contributed by atoms with Crippen LogP contribution >= 0.6 is 0 Å². The van der Waals surface area contributed by atoms with Crippen molar-refractivity contribution >= 4 is 6.29 Å². The fourth-order valence-electron chi connectivity index (χ4n) is 0.610. The van der Waals surface area contributed by atoms with E-state index in [2.05, 4.69) is 0 Å². The van der Waals surface area contributed by atoms with Crippen LogP contribution in [0.3, 0.4) is 0 Å². The molecule has 0 saturated heterocycles. The molecule has 1 atom stereocenters. The first-order chi connectivity index (χ1) is 3.93. The zero-order chi connectivity index (χ0) is 5.82. The van der Waals surface area contributed by atoms with E-state index in [-0.39, 0.29) is 6.10 Å². The highest BCUT2D eigenvalue weighted by Crippen LogP contribution is 2.01. The van der Waals surface area contributed by atoms with E-state index in [1.165, 1.54) is 0 Å². The molecule has 0 aliphatic carbocycles. The van der Waals surface area contributed by atoms with E-state index in [1.54, 1.807) is 6.29 Å². The van der Waals surface area contributed by atoms with E-state index in [4.69, 9.17) is 4.74 Å². The van der Waals surface area contributed by atoms with Crippen LogP contribution in [0.1, 0.15) is 6.42 Å². The lowest BCUT2D eigenvalue weighted by Gasteiger charge is -2.09. The Balaban J connectivity index is 2.37. The summed E-state index contributed by atoms with van der Waals surface area (Å²) in [4.78, 5) is 9.88. The molecular weight excluding hydrogens is 104 g/mol. The second-order valence-corrected chi connectivity index (χ2v) is 1.65. The molecule has 0 saturated carbocycles. The van der Waals surface area contributed by atoms with Crippen molar-refractivity contribution in [3.8, 4) is 0 Å². The van der Waals surface area contributed by atoms with Crippen LogP contribution in [0.5, 0.6) is 0 Å². The van der Waals surface area contributed by atoms with E-state index in [9.17, 15) is 4.79 Å². The molecule has 0 aromatic heterocycles. The number of hydrogen-bond acceptors (Lipinski definition) is 2. The van der Waals surface area contributed by atoms with Crippen LogP contribution in [0.4, 0.5) is 0 Å². The summed E-state index contributed by atoms with van der Waals surface area (Å²) in [7, 11) is 0. The van der Waals surface area contributed by atoms with E-state index in [0.29, 0.717) is 13.0 Å². The Morgan fingerprint density at radius 1 is 1.62 bits per heavy atom. The van der Waals surface area contributed by atoms with E-state index >= 15 is 0 Å². The number of rotatable bonds is 1. The first-order valence-corrected chi connectivity index (χ1v) is 2.58. The molecule has 0 N–H and O–H groups in total. The average Bonchev–Trinajstić information content (AvgIpc) is 1.90. The lowest BCUT2D eigenvalue weighted by atomic mass is 10.2. The molecule has 2 nitrogen and oxygen atoms in total. The fraction of sp³-hybridized carbons (Fsp3) is 0.500. The van der Waals surface area contributed by atoms with Crippen molar-refractivity contribution in [2.24, 2.45) is 0 Å². The molecular formula is C6H7O2. The largest absolute Gasteiger partial charge is 0.366 e. The van der Waals surface area contributed by atoms with Crippen molar-refractivity contribution in [1.29, 1.82) is 0 Å². The molecule has 0 fully saturated rings. The SMILES string of the molecule is O=[C]C1CC=CCO1. The lowest BCUT2D eigenvalue weighted by molar-refractivity contribution is 0.113. The monoisotopic (exact) mass is 111 g/mol. The molecule has 1 aliphatic heterocycles. The minimum absolute atomic E-state index is 0.306. The van der Waals surface area contributed by atoms with Gasteiger partial charge in [-0.1, -0.05) is 12.2 Å². The molecule has 2 heteroatoms. The summed E-state index contributed by atoms with van der Waals surface area (Å²) < 4.78 is 4.92. The summed E-state index contributed by atoms with van der Waals surface area (Å²) in [6.07, 6.45) is 5.99. The first kappa shape index (κ1) is 5.51. The minimum atomic E-state index is -0.306. The third kappa shape index (κ3) is 1.17. The molecule has 0 bridgehead atoms. The average molecular weight is 111 g/mol. The summed E-state index contributed by atoms with van der Waals surface area (Å²) >= 11 is 0. The Labute approximate surface area is 48.1 Å². The maximum absolute atomic E-state index is 9.88. The predicted molar refractivity (Wildman–Crippen MR) is 29.2 cm³/mol. The van der Waals surface area contributed by atoms with E-state index in [0.717, 1.165) is 0 Å². The van der Waals surface area contributed by atoms with Gasteiger partial charge >= 0.3 is 0 Å². The highest BCUT2D eigenvalue weighted by Gasteiger charge is 2.07. The maximum atomic E-state index is 9.88. The lowest BCUT2D eigenvalue weighted by Crippen LogP contribution is -2.16. The summed E-state index contributed by atoms with van der Waals surface area (Å²) in [6.45, 7) is 0.555. The zero-order valence-corrected chi connectivity index (χ0v) is 4.46. The van der Waals surface area contributed by atoms with Gasteiger partial charge in [-0.2, -0.15) is 0 Å². The predicted octanol–water partition coefficient (Wildman–Crippen LogP) is 0.441. The van der Waals surface area contributed by atoms with Crippen molar-refractivity contribution in [3.05, 3.63) is 12.2 Å². The van der Waals surface area contributed by atoms with Gasteiger partial charge in [0.1, 0.15) is 6.10 Å². The highest BCUT2D eigenvalue weighted by atomic mass is 16.5. The van der Waals surface area contributed by atoms with Crippen LogP contribution in [0.2, 0.25) is 0 Å². The van der Waals surface area contributed by atoms with Gasteiger partial charge in [0.15, 0.2) is 0 Å². The van der Waals surface area contributed by atoms with Crippen LogP contribution in [-0.2, 0) is 9.53 Å². The molecule has 1 radical (unpaired) electrons. The standard InChI is InChI=1S/C6H7O2/c7-5-6-3-1-2-4-8-6/h1-2,6H,3-4H2. The maximum Gasteiger partial charge on any atom is 0.230 e. The number of carbonyl (C=O) groups excluding carboxylic acids is 1. The number of hydrogen-bond donors (Lipinski definition) is 0. The summed E-state index contributed by atoms with van der Waals surface area (Å²) in [5, 5.41) is 0. The van der Waals surface area contributed by atoms with Gasteiger partial charge in [-0.3, -0.25) is 4.79 Å². The summed E-state index contributed by atoms with van der Waals surface area (Å²) in [6, 6.07) is 0. The van der Waals surface area contributed by atoms with Gasteiger partial charge in [0.05, 0.1) is 6.61 Å². The Morgan fingerprint density at radius 3 is 2.88 bits per heavy atom. The molecule has 0 amide bonds. The Hall–Kier alpha value is -0.630.